The summed E-state index contributed by atoms with van der Waals surface area (Å²) in [5.74, 6) is 1.46. The number of halogens is 1. The van der Waals surface area contributed by atoms with E-state index in [1.807, 2.05) is 12.1 Å². The molecule has 0 aliphatic rings. The summed E-state index contributed by atoms with van der Waals surface area (Å²) in [5, 5.41) is 3.93. The summed E-state index contributed by atoms with van der Waals surface area (Å²) in [5.41, 5.74) is 0.812. The van der Waals surface area contributed by atoms with Gasteiger partial charge in [-0.2, -0.15) is 0 Å². The summed E-state index contributed by atoms with van der Waals surface area (Å²) in [6, 6.07) is 3.78. The second-order valence-electron chi connectivity index (χ2n) is 4.96. The van der Waals surface area contributed by atoms with Crippen molar-refractivity contribution >= 4 is 17.4 Å². The predicted octanol–water partition coefficient (Wildman–Crippen LogP) is 4.51. The molecule has 0 saturated heterocycles. The standard InChI is InChI=1S/C15H25ClN2O/c1-4-6-12(3)10-19-11-14-13(16)7-8-15(18-14)17-9-5-2/h7-8,12H,4-6,9-11H2,1-3H3,(H,17,18). The Morgan fingerprint density at radius 3 is 2.79 bits per heavy atom. The highest BCUT2D eigenvalue weighted by atomic mass is 35.5. The number of hydrogen-bond donors (Lipinski definition) is 1. The number of rotatable bonds is 9. The Labute approximate surface area is 121 Å². The molecule has 0 fully saturated rings. The van der Waals surface area contributed by atoms with E-state index in [0.717, 1.165) is 31.1 Å². The maximum absolute atomic E-state index is 6.14. The lowest BCUT2D eigenvalue weighted by Gasteiger charge is -2.12. The number of pyridine rings is 1. The first kappa shape index (κ1) is 16.3. The van der Waals surface area contributed by atoms with Gasteiger partial charge in [-0.15, -0.1) is 0 Å². The summed E-state index contributed by atoms with van der Waals surface area (Å²) >= 11 is 6.14. The maximum Gasteiger partial charge on any atom is 0.126 e. The van der Waals surface area contributed by atoms with E-state index < -0.39 is 0 Å². The van der Waals surface area contributed by atoms with Crippen molar-refractivity contribution in [1.29, 1.82) is 0 Å². The van der Waals surface area contributed by atoms with Gasteiger partial charge in [0.1, 0.15) is 5.82 Å². The van der Waals surface area contributed by atoms with E-state index in [1.54, 1.807) is 0 Å². The number of ether oxygens (including phenoxy) is 1. The lowest BCUT2D eigenvalue weighted by Crippen LogP contribution is -2.08. The third-order valence-electron chi connectivity index (χ3n) is 2.90. The van der Waals surface area contributed by atoms with Crippen LogP contribution in [0.1, 0.15) is 45.7 Å². The fourth-order valence-electron chi connectivity index (χ4n) is 1.87. The molecule has 108 valence electrons. The Bertz CT molecular complexity index is 371. The van der Waals surface area contributed by atoms with E-state index in [0.29, 0.717) is 17.5 Å². The van der Waals surface area contributed by atoms with Gasteiger partial charge >= 0.3 is 0 Å². The van der Waals surface area contributed by atoms with E-state index in [2.05, 4.69) is 31.1 Å². The smallest absolute Gasteiger partial charge is 0.126 e. The molecule has 1 atom stereocenters. The van der Waals surface area contributed by atoms with Crippen LogP contribution in [0.5, 0.6) is 0 Å². The van der Waals surface area contributed by atoms with Gasteiger partial charge in [0.15, 0.2) is 0 Å². The Hall–Kier alpha value is -0.800. The molecule has 1 N–H and O–H groups in total. The number of aromatic nitrogens is 1. The van der Waals surface area contributed by atoms with Crippen molar-refractivity contribution in [3.05, 3.63) is 22.8 Å². The summed E-state index contributed by atoms with van der Waals surface area (Å²) in [7, 11) is 0. The topological polar surface area (TPSA) is 34.1 Å². The van der Waals surface area contributed by atoms with Gasteiger partial charge in [0.2, 0.25) is 0 Å². The van der Waals surface area contributed by atoms with Gasteiger partial charge in [-0.05, 0) is 30.9 Å². The molecule has 3 nitrogen and oxygen atoms in total. The molecule has 0 aliphatic carbocycles. The first-order chi connectivity index (χ1) is 9.17. The molecule has 1 aromatic rings. The molecule has 1 aromatic heterocycles. The SMILES string of the molecule is CCCNc1ccc(Cl)c(COCC(C)CCC)n1. The molecule has 1 unspecified atom stereocenters. The lowest BCUT2D eigenvalue weighted by molar-refractivity contribution is 0.0873. The minimum Gasteiger partial charge on any atom is -0.375 e. The zero-order valence-corrected chi connectivity index (χ0v) is 13.0. The molecular formula is C15H25ClN2O. The van der Waals surface area contributed by atoms with Crippen LogP contribution in [-0.4, -0.2) is 18.1 Å². The summed E-state index contributed by atoms with van der Waals surface area (Å²) in [4.78, 5) is 4.48. The number of nitrogens with one attached hydrogen (secondary N) is 1. The Morgan fingerprint density at radius 2 is 2.11 bits per heavy atom. The quantitative estimate of drug-likeness (QED) is 0.724. The van der Waals surface area contributed by atoms with E-state index in [1.165, 1.54) is 12.8 Å². The molecule has 0 spiro atoms. The molecule has 1 heterocycles. The van der Waals surface area contributed by atoms with E-state index in [9.17, 15) is 0 Å². The average Bonchev–Trinajstić information content (AvgIpc) is 2.39. The van der Waals surface area contributed by atoms with Crippen LogP contribution < -0.4 is 5.32 Å². The predicted molar refractivity (Wildman–Crippen MR) is 81.8 cm³/mol. The summed E-state index contributed by atoms with van der Waals surface area (Å²) in [6.07, 6.45) is 3.46. The maximum atomic E-state index is 6.14. The van der Waals surface area contributed by atoms with Crippen LogP contribution in [0.15, 0.2) is 12.1 Å². The van der Waals surface area contributed by atoms with Crippen LogP contribution in [0, 0.1) is 5.92 Å². The van der Waals surface area contributed by atoms with Crippen molar-refractivity contribution < 1.29 is 4.74 Å². The molecule has 0 aliphatic heterocycles. The molecule has 1 rings (SSSR count). The minimum absolute atomic E-state index is 0.481. The highest BCUT2D eigenvalue weighted by molar-refractivity contribution is 6.31. The van der Waals surface area contributed by atoms with Crippen LogP contribution in [0.25, 0.3) is 0 Å². The largest absolute Gasteiger partial charge is 0.375 e. The normalized spacial score (nSPS) is 12.4. The monoisotopic (exact) mass is 284 g/mol. The number of anilines is 1. The molecule has 19 heavy (non-hydrogen) atoms. The van der Waals surface area contributed by atoms with Crippen molar-refractivity contribution in [3.63, 3.8) is 0 Å². The fourth-order valence-corrected chi connectivity index (χ4v) is 2.03. The first-order valence-electron chi connectivity index (χ1n) is 7.14. The summed E-state index contributed by atoms with van der Waals surface area (Å²) in [6.45, 7) is 8.69. The van der Waals surface area contributed by atoms with Crippen LogP contribution in [0.2, 0.25) is 5.02 Å². The highest BCUT2D eigenvalue weighted by Crippen LogP contribution is 2.18. The molecule has 0 amide bonds. The molecule has 4 heteroatoms. The fraction of sp³-hybridized carbons (Fsp3) is 0.667. The van der Waals surface area contributed by atoms with Crippen molar-refractivity contribution in [2.24, 2.45) is 5.92 Å². The van der Waals surface area contributed by atoms with Gasteiger partial charge in [0.25, 0.3) is 0 Å². The minimum atomic E-state index is 0.481. The van der Waals surface area contributed by atoms with E-state index in [-0.39, 0.29) is 0 Å². The van der Waals surface area contributed by atoms with Crippen molar-refractivity contribution in [3.8, 4) is 0 Å². The second kappa shape index (κ2) is 9.16. The van der Waals surface area contributed by atoms with Gasteiger partial charge in [-0.3, -0.25) is 0 Å². The van der Waals surface area contributed by atoms with Crippen molar-refractivity contribution in [1.82, 2.24) is 4.98 Å². The molecule has 0 radical (unpaired) electrons. The van der Waals surface area contributed by atoms with Crippen LogP contribution in [0.4, 0.5) is 5.82 Å². The molecular weight excluding hydrogens is 260 g/mol. The van der Waals surface area contributed by atoms with Gasteiger partial charge < -0.3 is 10.1 Å². The Balaban J connectivity index is 2.47. The van der Waals surface area contributed by atoms with Crippen LogP contribution in [0.3, 0.4) is 0 Å². The number of hydrogen-bond acceptors (Lipinski definition) is 3. The average molecular weight is 285 g/mol. The third-order valence-corrected chi connectivity index (χ3v) is 3.24. The van der Waals surface area contributed by atoms with Crippen LogP contribution in [-0.2, 0) is 11.3 Å². The van der Waals surface area contributed by atoms with Crippen molar-refractivity contribution in [2.75, 3.05) is 18.5 Å². The lowest BCUT2D eigenvalue weighted by atomic mass is 10.1. The van der Waals surface area contributed by atoms with E-state index in [4.69, 9.17) is 16.3 Å². The van der Waals surface area contributed by atoms with Gasteiger partial charge in [-0.1, -0.05) is 38.8 Å². The molecule has 0 bridgehead atoms. The van der Waals surface area contributed by atoms with Gasteiger partial charge in [0, 0.05) is 13.2 Å². The molecule has 0 saturated carbocycles. The zero-order valence-electron chi connectivity index (χ0n) is 12.2. The van der Waals surface area contributed by atoms with Crippen molar-refractivity contribution in [2.45, 2.75) is 46.6 Å². The van der Waals surface area contributed by atoms with Crippen LogP contribution >= 0.6 is 11.6 Å². The second-order valence-corrected chi connectivity index (χ2v) is 5.37. The highest BCUT2D eigenvalue weighted by Gasteiger charge is 2.06. The summed E-state index contributed by atoms with van der Waals surface area (Å²) < 4.78 is 5.70. The Morgan fingerprint density at radius 1 is 1.32 bits per heavy atom. The molecule has 0 aromatic carbocycles. The van der Waals surface area contributed by atoms with Gasteiger partial charge in [-0.25, -0.2) is 4.98 Å². The van der Waals surface area contributed by atoms with Gasteiger partial charge in [0.05, 0.1) is 17.3 Å². The first-order valence-corrected chi connectivity index (χ1v) is 7.52. The number of nitrogens with zero attached hydrogens (tertiary/aromatic N) is 1. The zero-order chi connectivity index (χ0) is 14.1. The van der Waals surface area contributed by atoms with E-state index >= 15 is 0 Å². The Kier molecular flexibility index (Phi) is 7.84. The third kappa shape index (κ3) is 6.26.